The molecule has 0 aliphatic carbocycles. The van der Waals surface area contributed by atoms with Crippen molar-refractivity contribution in [2.75, 3.05) is 31.1 Å². The minimum atomic E-state index is 0.106. The van der Waals surface area contributed by atoms with Gasteiger partial charge in [-0.1, -0.05) is 11.2 Å². The number of aromatic nitrogens is 4. The number of piperazine rings is 1. The van der Waals surface area contributed by atoms with E-state index in [1.807, 2.05) is 22.4 Å². The number of aryl methyl sites for hydroxylation is 1. The summed E-state index contributed by atoms with van der Waals surface area (Å²) < 4.78 is 5.25. The largest absolute Gasteiger partial charge is 0.339 e. The van der Waals surface area contributed by atoms with Crippen molar-refractivity contribution in [1.82, 2.24) is 25.0 Å². The van der Waals surface area contributed by atoms with E-state index in [1.165, 1.54) is 0 Å². The molecule has 1 saturated heterocycles. The zero-order valence-corrected chi connectivity index (χ0v) is 14.9. The lowest BCUT2D eigenvalue weighted by Gasteiger charge is -2.34. The Kier molecular flexibility index (Phi) is 4.87. The van der Waals surface area contributed by atoms with Crippen LogP contribution in [0.5, 0.6) is 0 Å². The molecule has 3 aromatic rings. The standard InChI is InChI=1S/C17H18N6O2S/c24-15(5-4-14-20-16(21-25-14)13-3-1-12-26-13)22-8-10-23(11-9-22)17-18-6-2-7-19-17/h1-3,6-7,12H,4-5,8-11H2. The number of hydrogen-bond donors (Lipinski definition) is 0. The molecule has 0 bridgehead atoms. The lowest BCUT2D eigenvalue weighted by molar-refractivity contribution is -0.131. The molecule has 9 heteroatoms. The topological polar surface area (TPSA) is 88.3 Å². The van der Waals surface area contributed by atoms with Crippen molar-refractivity contribution in [3.05, 3.63) is 41.9 Å². The van der Waals surface area contributed by atoms with Crippen LogP contribution >= 0.6 is 11.3 Å². The molecule has 26 heavy (non-hydrogen) atoms. The fourth-order valence-electron chi connectivity index (χ4n) is 2.84. The van der Waals surface area contributed by atoms with E-state index in [-0.39, 0.29) is 5.91 Å². The minimum absolute atomic E-state index is 0.106. The fourth-order valence-corrected chi connectivity index (χ4v) is 3.49. The van der Waals surface area contributed by atoms with Crippen LogP contribution in [0.2, 0.25) is 0 Å². The maximum absolute atomic E-state index is 12.4. The van der Waals surface area contributed by atoms with Crippen molar-refractivity contribution in [3.63, 3.8) is 0 Å². The molecule has 0 aromatic carbocycles. The summed E-state index contributed by atoms with van der Waals surface area (Å²) in [4.78, 5) is 30.2. The Morgan fingerprint density at radius 2 is 1.96 bits per heavy atom. The molecule has 0 radical (unpaired) electrons. The highest BCUT2D eigenvalue weighted by Crippen LogP contribution is 2.21. The van der Waals surface area contributed by atoms with Crippen molar-refractivity contribution in [1.29, 1.82) is 0 Å². The second kappa shape index (κ2) is 7.61. The van der Waals surface area contributed by atoms with Crippen molar-refractivity contribution >= 4 is 23.2 Å². The molecule has 3 aromatic heterocycles. The number of carbonyl (C=O) groups excluding carboxylic acids is 1. The van der Waals surface area contributed by atoms with Gasteiger partial charge in [0.1, 0.15) is 0 Å². The molecule has 1 fully saturated rings. The van der Waals surface area contributed by atoms with Gasteiger partial charge < -0.3 is 14.3 Å². The third-order valence-corrected chi connectivity index (χ3v) is 5.10. The Labute approximate surface area is 154 Å². The molecule has 134 valence electrons. The van der Waals surface area contributed by atoms with Gasteiger partial charge in [-0.15, -0.1) is 11.3 Å². The van der Waals surface area contributed by atoms with E-state index in [2.05, 4.69) is 25.0 Å². The van der Waals surface area contributed by atoms with Gasteiger partial charge in [0.15, 0.2) is 0 Å². The van der Waals surface area contributed by atoms with Gasteiger partial charge in [0.05, 0.1) is 4.88 Å². The molecule has 1 aliphatic heterocycles. The summed E-state index contributed by atoms with van der Waals surface area (Å²) >= 11 is 1.56. The molecule has 0 unspecified atom stereocenters. The molecule has 0 N–H and O–H groups in total. The summed E-state index contributed by atoms with van der Waals surface area (Å²) in [6.45, 7) is 2.81. The fraction of sp³-hybridized carbons (Fsp3) is 0.353. The Hall–Kier alpha value is -2.81. The maximum Gasteiger partial charge on any atom is 0.227 e. The van der Waals surface area contributed by atoms with Crippen molar-refractivity contribution in [2.45, 2.75) is 12.8 Å². The predicted octanol–water partition coefficient (Wildman–Crippen LogP) is 1.87. The zero-order valence-electron chi connectivity index (χ0n) is 14.1. The average Bonchev–Trinajstić information content (AvgIpc) is 3.38. The van der Waals surface area contributed by atoms with Crippen molar-refractivity contribution in [3.8, 4) is 10.7 Å². The van der Waals surface area contributed by atoms with Crippen LogP contribution in [-0.4, -0.2) is 57.1 Å². The van der Waals surface area contributed by atoms with Crippen LogP contribution in [0, 0.1) is 0 Å². The summed E-state index contributed by atoms with van der Waals surface area (Å²) in [6.07, 6.45) is 4.29. The van der Waals surface area contributed by atoms with Gasteiger partial charge in [-0.25, -0.2) is 9.97 Å². The molecule has 0 atom stereocenters. The summed E-state index contributed by atoms with van der Waals surface area (Å²) in [7, 11) is 0. The lowest BCUT2D eigenvalue weighted by atomic mass is 10.2. The average molecular weight is 370 g/mol. The van der Waals surface area contributed by atoms with E-state index in [0.29, 0.717) is 43.6 Å². The van der Waals surface area contributed by atoms with Crippen LogP contribution in [0.15, 0.2) is 40.5 Å². The predicted molar refractivity (Wildman–Crippen MR) is 96.8 cm³/mol. The molecule has 4 rings (SSSR count). The molecule has 0 spiro atoms. The van der Waals surface area contributed by atoms with E-state index in [0.717, 1.165) is 18.0 Å². The summed E-state index contributed by atoms with van der Waals surface area (Å²) in [6, 6.07) is 5.69. The summed E-state index contributed by atoms with van der Waals surface area (Å²) in [5.74, 6) is 1.90. The summed E-state index contributed by atoms with van der Waals surface area (Å²) in [5, 5.41) is 5.94. The lowest BCUT2D eigenvalue weighted by Crippen LogP contribution is -2.49. The highest BCUT2D eigenvalue weighted by Gasteiger charge is 2.22. The quantitative estimate of drug-likeness (QED) is 0.677. The number of rotatable bonds is 5. The molecular weight excluding hydrogens is 352 g/mol. The number of thiophene rings is 1. The van der Waals surface area contributed by atoms with Gasteiger partial charge in [0.2, 0.25) is 23.6 Å². The van der Waals surface area contributed by atoms with Crippen LogP contribution in [-0.2, 0) is 11.2 Å². The van der Waals surface area contributed by atoms with Gasteiger partial charge in [0.25, 0.3) is 0 Å². The maximum atomic E-state index is 12.4. The molecular formula is C17H18N6O2S. The van der Waals surface area contributed by atoms with Crippen LogP contribution in [0.1, 0.15) is 12.3 Å². The van der Waals surface area contributed by atoms with E-state index in [4.69, 9.17) is 4.52 Å². The van der Waals surface area contributed by atoms with Crippen LogP contribution in [0.25, 0.3) is 10.7 Å². The Morgan fingerprint density at radius 3 is 2.69 bits per heavy atom. The Bertz CT molecular complexity index is 843. The zero-order chi connectivity index (χ0) is 17.8. The molecule has 0 saturated carbocycles. The monoisotopic (exact) mass is 370 g/mol. The number of hydrogen-bond acceptors (Lipinski definition) is 8. The first-order chi connectivity index (χ1) is 12.8. The van der Waals surface area contributed by atoms with Gasteiger partial charge in [-0.3, -0.25) is 4.79 Å². The van der Waals surface area contributed by atoms with Crippen LogP contribution in [0.3, 0.4) is 0 Å². The first-order valence-corrected chi connectivity index (χ1v) is 9.34. The molecule has 8 nitrogen and oxygen atoms in total. The number of carbonyl (C=O) groups is 1. The molecule has 1 amide bonds. The van der Waals surface area contributed by atoms with E-state index in [1.54, 1.807) is 29.8 Å². The second-order valence-electron chi connectivity index (χ2n) is 5.91. The van der Waals surface area contributed by atoms with Crippen molar-refractivity contribution < 1.29 is 9.32 Å². The summed E-state index contributed by atoms with van der Waals surface area (Å²) in [5.41, 5.74) is 0. The van der Waals surface area contributed by atoms with Crippen LogP contribution < -0.4 is 4.90 Å². The van der Waals surface area contributed by atoms with Crippen molar-refractivity contribution in [2.24, 2.45) is 0 Å². The Balaban J connectivity index is 1.27. The third kappa shape index (κ3) is 3.72. The van der Waals surface area contributed by atoms with E-state index >= 15 is 0 Å². The van der Waals surface area contributed by atoms with E-state index < -0.39 is 0 Å². The normalized spacial score (nSPS) is 14.6. The first kappa shape index (κ1) is 16.6. The third-order valence-electron chi connectivity index (χ3n) is 4.23. The van der Waals surface area contributed by atoms with Crippen LogP contribution in [0.4, 0.5) is 5.95 Å². The van der Waals surface area contributed by atoms with E-state index in [9.17, 15) is 4.79 Å². The van der Waals surface area contributed by atoms with Gasteiger partial charge in [0, 0.05) is 51.4 Å². The highest BCUT2D eigenvalue weighted by atomic mass is 32.1. The first-order valence-electron chi connectivity index (χ1n) is 8.46. The second-order valence-corrected chi connectivity index (χ2v) is 6.85. The molecule has 4 heterocycles. The minimum Gasteiger partial charge on any atom is -0.339 e. The van der Waals surface area contributed by atoms with Gasteiger partial charge in [-0.2, -0.15) is 4.98 Å². The van der Waals surface area contributed by atoms with Gasteiger partial charge >= 0.3 is 0 Å². The molecule has 1 aliphatic rings. The van der Waals surface area contributed by atoms with Gasteiger partial charge in [-0.05, 0) is 17.5 Å². The number of nitrogens with zero attached hydrogens (tertiary/aromatic N) is 6. The Morgan fingerprint density at radius 1 is 1.15 bits per heavy atom. The number of amides is 1. The highest BCUT2D eigenvalue weighted by molar-refractivity contribution is 7.13. The smallest absolute Gasteiger partial charge is 0.227 e. The number of anilines is 1. The SMILES string of the molecule is O=C(CCc1nc(-c2cccs2)no1)N1CCN(c2ncccn2)CC1.